The third kappa shape index (κ3) is 6.55. The Balaban J connectivity index is 2.66. The lowest BCUT2D eigenvalue weighted by molar-refractivity contribution is -0.125. The van der Waals surface area contributed by atoms with Crippen molar-refractivity contribution in [2.24, 2.45) is 0 Å². The molecule has 0 unspecified atom stereocenters. The maximum Gasteiger partial charge on any atom is 0.538 e. The SMILES string of the molecule is CC=CC(=O)NOB(ONC(=O)C=CC)c1ccccc1. The van der Waals surface area contributed by atoms with E-state index < -0.39 is 18.9 Å². The average Bonchev–Trinajstić information content (AvgIpc) is 2.49. The van der Waals surface area contributed by atoms with Gasteiger partial charge in [-0.25, -0.2) is 11.0 Å². The van der Waals surface area contributed by atoms with E-state index in [-0.39, 0.29) is 0 Å². The number of amides is 2. The smallest absolute Gasteiger partial charge is 0.291 e. The molecule has 2 N–H and O–H groups in total. The normalized spacial score (nSPS) is 10.8. The van der Waals surface area contributed by atoms with Crippen LogP contribution in [0.25, 0.3) is 0 Å². The van der Waals surface area contributed by atoms with Crippen molar-refractivity contribution >= 4 is 24.4 Å². The highest BCUT2D eigenvalue weighted by Crippen LogP contribution is 1.91. The van der Waals surface area contributed by atoms with Crippen LogP contribution in [-0.4, -0.2) is 18.9 Å². The Bertz CT molecular complexity index is 489. The van der Waals surface area contributed by atoms with Crippen molar-refractivity contribution in [2.75, 3.05) is 0 Å². The number of hydrogen-bond acceptors (Lipinski definition) is 4. The molecule has 0 fully saturated rings. The van der Waals surface area contributed by atoms with Crippen molar-refractivity contribution < 1.29 is 19.1 Å². The Morgan fingerprint density at radius 2 is 1.43 bits per heavy atom. The molecule has 0 atom stereocenters. The lowest BCUT2D eigenvalue weighted by atomic mass is 9.80. The van der Waals surface area contributed by atoms with Crippen LogP contribution in [0.3, 0.4) is 0 Å². The Morgan fingerprint density at radius 1 is 0.952 bits per heavy atom. The molecule has 1 rings (SSSR count). The number of hydroxylamine groups is 2. The summed E-state index contributed by atoms with van der Waals surface area (Å²) in [7, 11) is -0.963. The lowest BCUT2D eigenvalue weighted by Crippen LogP contribution is -2.46. The highest BCUT2D eigenvalue weighted by Gasteiger charge is 2.24. The van der Waals surface area contributed by atoms with E-state index in [0.717, 1.165) is 0 Å². The number of carbonyl (C=O) groups is 2. The Morgan fingerprint density at radius 3 is 1.86 bits per heavy atom. The summed E-state index contributed by atoms with van der Waals surface area (Å²) in [4.78, 5) is 22.7. The molecular weight excluding hydrogens is 271 g/mol. The van der Waals surface area contributed by atoms with Crippen LogP contribution in [0.5, 0.6) is 0 Å². The number of nitrogens with one attached hydrogen (secondary N) is 2. The molecule has 6 nitrogen and oxygen atoms in total. The zero-order valence-electron chi connectivity index (χ0n) is 11.9. The van der Waals surface area contributed by atoms with Gasteiger partial charge in [-0.05, 0) is 19.3 Å². The van der Waals surface area contributed by atoms with E-state index in [4.69, 9.17) is 9.51 Å². The highest BCUT2D eigenvalue weighted by atomic mass is 16.8. The number of benzene rings is 1. The fraction of sp³-hybridized carbons (Fsp3) is 0.143. The molecule has 0 aliphatic heterocycles. The number of rotatable bonds is 7. The first kappa shape index (κ1) is 16.7. The van der Waals surface area contributed by atoms with Crippen LogP contribution in [0.2, 0.25) is 0 Å². The van der Waals surface area contributed by atoms with Gasteiger partial charge in [-0.2, -0.15) is 0 Å². The fourth-order valence-corrected chi connectivity index (χ4v) is 1.36. The summed E-state index contributed by atoms with van der Waals surface area (Å²) in [5, 5.41) is 0. The Hall–Kier alpha value is -2.38. The van der Waals surface area contributed by atoms with Gasteiger partial charge in [-0.1, -0.05) is 42.5 Å². The van der Waals surface area contributed by atoms with Crippen LogP contribution in [0.1, 0.15) is 13.8 Å². The van der Waals surface area contributed by atoms with E-state index in [1.54, 1.807) is 50.3 Å². The van der Waals surface area contributed by atoms with E-state index in [2.05, 4.69) is 11.0 Å². The van der Waals surface area contributed by atoms with Crippen LogP contribution in [0.15, 0.2) is 54.6 Å². The largest absolute Gasteiger partial charge is 0.538 e. The first-order chi connectivity index (χ1) is 10.2. The minimum absolute atomic E-state index is 0.429. The van der Waals surface area contributed by atoms with Gasteiger partial charge in [0.2, 0.25) is 0 Å². The summed E-state index contributed by atoms with van der Waals surface area (Å²) in [6.45, 7) is 3.42. The highest BCUT2D eigenvalue weighted by molar-refractivity contribution is 6.61. The molecule has 21 heavy (non-hydrogen) atoms. The van der Waals surface area contributed by atoms with E-state index in [1.165, 1.54) is 12.2 Å². The molecule has 0 heterocycles. The summed E-state index contributed by atoms with van der Waals surface area (Å²) >= 11 is 0. The van der Waals surface area contributed by atoms with Gasteiger partial charge in [0.25, 0.3) is 11.8 Å². The van der Waals surface area contributed by atoms with Crippen LogP contribution in [0, 0.1) is 0 Å². The monoisotopic (exact) mass is 288 g/mol. The van der Waals surface area contributed by atoms with Crippen molar-refractivity contribution in [3.05, 3.63) is 54.6 Å². The molecule has 0 spiro atoms. The summed E-state index contributed by atoms with van der Waals surface area (Å²) < 4.78 is 10.3. The Labute approximate surface area is 123 Å². The molecule has 0 aliphatic rings. The quantitative estimate of drug-likeness (QED) is 0.438. The summed E-state index contributed by atoms with van der Waals surface area (Å²) in [5.41, 5.74) is 5.07. The van der Waals surface area contributed by atoms with Gasteiger partial charge in [0.05, 0.1) is 0 Å². The minimum atomic E-state index is -0.963. The number of allylic oxidation sites excluding steroid dienone is 2. The Kier molecular flexibility index (Phi) is 7.56. The van der Waals surface area contributed by atoms with Gasteiger partial charge in [0.1, 0.15) is 0 Å². The van der Waals surface area contributed by atoms with E-state index in [9.17, 15) is 9.59 Å². The van der Waals surface area contributed by atoms with E-state index in [0.29, 0.717) is 5.46 Å². The van der Waals surface area contributed by atoms with E-state index in [1.807, 2.05) is 6.07 Å². The molecule has 0 saturated carbocycles. The standard InChI is InChI=1S/C14H17BN2O4/c1-3-8-13(18)16-20-15(12-10-6-5-7-11-12)21-17-14(19)9-4-2/h3-11H,1-2H3,(H,16,18)(H,17,19). The van der Waals surface area contributed by atoms with Crippen molar-refractivity contribution in [1.29, 1.82) is 0 Å². The third-order valence-electron chi connectivity index (χ3n) is 2.24. The number of hydrogen-bond donors (Lipinski definition) is 2. The molecule has 7 heteroatoms. The molecule has 1 aromatic carbocycles. The fourth-order valence-electron chi connectivity index (χ4n) is 1.36. The molecule has 0 aromatic heterocycles. The molecule has 110 valence electrons. The second-order valence-corrected chi connectivity index (χ2v) is 3.91. The van der Waals surface area contributed by atoms with Gasteiger partial charge < -0.3 is 0 Å². The maximum absolute atomic E-state index is 11.3. The van der Waals surface area contributed by atoms with Crippen LogP contribution >= 0.6 is 0 Å². The van der Waals surface area contributed by atoms with Crippen molar-refractivity contribution in [3.8, 4) is 0 Å². The van der Waals surface area contributed by atoms with Crippen molar-refractivity contribution in [3.63, 3.8) is 0 Å². The molecule has 1 aromatic rings. The van der Waals surface area contributed by atoms with Crippen molar-refractivity contribution in [2.45, 2.75) is 13.8 Å². The molecule has 0 radical (unpaired) electrons. The predicted molar refractivity (Wildman–Crippen MR) is 79.9 cm³/mol. The molecule has 0 bridgehead atoms. The topological polar surface area (TPSA) is 76.7 Å². The van der Waals surface area contributed by atoms with Gasteiger partial charge in [0.15, 0.2) is 0 Å². The second-order valence-electron chi connectivity index (χ2n) is 3.91. The van der Waals surface area contributed by atoms with Gasteiger partial charge in [-0.15, -0.1) is 0 Å². The zero-order chi connectivity index (χ0) is 15.5. The van der Waals surface area contributed by atoms with Gasteiger partial charge >= 0.3 is 7.12 Å². The first-order valence-electron chi connectivity index (χ1n) is 6.39. The lowest BCUT2D eigenvalue weighted by Gasteiger charge is -2.14. The predicted octanol–water partition coefficient (Wildman–Crippen LogP) is 0.630. The van der Waals surface area contributed by atoms with Crippen molar-refractivity contribution in [1.82, 2.24) is 11.0 Å². The second kappa shape index (κ2) is 9.52. The summed E-state index contributed by atoms with van der Waals surface area (Å²) in [5.74, 6) is -0.858. The molecule has 0 saturated heterocycles. The van der Waals surface area contributed by atoms with Gasteiger partial charge in [-0.3, -0.25) is 19.1 Å². The van der Waals surface area contributed by atoms with Crippen LogP contribution in [-0.2, 0) is 19.1 Å². The maximum atomic E-state index is 11.3. The number of carbonyl (C=O) groups excluding carboxylic acids is 2. The third-order valence-corrected chi connectivity index (χ3v) is 2.24. The zero-order valence-corrected chi connectivity index (χ0v) is 11.9. The summed E-state index contributed by atoms with van der Waals surface area (Å²) in [6, 6.07) is 8.90. The molecule has 0 aliphatic carbocycles. The minimum Gasteiger partial charge on any atom is -0.291 e. The molecular formula is C14H17BN2O4. The van der Waals surface area contributed by atoms with Crippen LogP contribution in [0.4, 0.5) is 0 Å². The first-order valence-corrected chi connectivity index (χ1v) is 6.39. The molecule has 2 amide bonds. The van der Waals surface area contributed by atoms with Crippen LogP contribution < -0.4 is 16.4 Å². The summed E-state index contributed by atoms with van der Waals surface area (Å²) in [6.07, 6.45) is 5.76. The van der Waals surface area contributed by atoms with E-state index >= 15 is 0 Å². The average molecular weight is 288 g/mol. The van der Waals surface area contributed by atoms with Gasteiger partial charge in [0, 0.05) is 12.2 Å².